The number of carbonyl (C=O) groups is 1. The standard InChI is InChI=1S/C20H31N3O4/c1-25-18-6-2-4-16(14-23-7-3-5-17(15-23)20(21)24)19(18)27-13-10-22-8-11-26-12-9-22/h2,4,6,17H,3,5,7-15H2,1H3,(H2,21,24)/t17-/m0/s1. The molecule has 2 heterocycles. The van der Waals surface area contributed by atoms with Gasteiger partial charge in [0.2, 0.25) is 5.91 Å². The van der Waals surface area contributed by atoms with Gasteiger partial charge in [0, 0.05) is 38.3 Å². The van der Waals surface area contributed by atoms with E-state index in [1.54, 1.807) is 7.11 Å². The van der Waals surface area contributed by atoms with Gasteiger partial charge in [0.15, 0.2) is 11.5 Å². The highest BCUT2D eigenvalue weighted by molar-refractivity contribution is 5.76. The van der Waals surface area contributed by atoms with Crippen LogP contribution in [0, 0.1) is 5.92 Å². The monoisotopic (exact) mass is 377 g/mol. The van der Waals surface area contributed by atoms with Crippen LogP contribution in [0.4, 0.5) is 0 Å². The molecule has 0 aromatic heterocycles. The first-order chi connectivity index (χ1) is 13.2. The normalized spacial score (nSPS) is 21.7. The van der Waals surface area contributed by atoms with Gasteiger partial charge in [0.05, 0.1) is 26.2 Å². The molecular weight excluding hydrogens is 346 g/mol. The number of morpholine rings is 1. The molecule has 1 aromatic rings. The number of carbonyl (C=O) groups excluding carboxylic acids is 1. The van der Waals surface area contributed by atoms with Crippen molar-refractivity contribution in [3.8, 4) is 11.5 Å². The van der Waals surface area contributed by atoms with Crippen LogP contribution >= 0.6 is 0 Å². The Labute approximate surface area is 161 Å². The molecule has 2 N–H and O–H groups in total. The van der Waals surface area contributed by atoms with Gasteiger partial charge >= 0.3 is 0 Å². The zero-order valence-electron chi connectivity index (χ0n) is 16.2. The molecule has 0 spiro atoms. The van der Waals surface area contributed by atoms with Gasteiger partial charge in [-0.05, 0) is 25.5 Å². The Morgan fingerprint density at radius 2 is 2.07 bits per heavy atom. The van der Waals surface area contributed by atoms with Gasteiger partial charge in [0.25, 0.3) is 0 Å². The molecule has 0 saturated carbocycles. The summed E-state index contributed by atoms with van der Waals surface area (Å²) in [6.07, 6.45) is 1.87. The van der Waals surface area contributed by atoms with Crippen molar-refractivity contribution in [3.63, 3.8) is 0 Å². The van der Waals surface area contributed by atoms with Crippen molar-refractivity contribution in [2.45, 2.75) is 19.4 Å². The van der Waals surface area contributed by atoms with Gasteiger partial charge in [0.1, 0.15) is 6.61 Å². The number of likely N-dealkylation sites (tertiary alicyclic amines) is 1. The topological polar surface area (TPSA) is 77.3 Å². The highest BCUT2D eigenvalue weighted by Gasteiger charge is 2.25. The average molecular weight is 377 g/mol. The molecule has 2 saturated heterocycles. The van der Waals surface area contributed by atoms with Crippen molar-refractivity contribution < 1.29 is 19.0 Å². The van der Waals surface area contributed by atoms with Gasteiger partial charge in [-0.25, -0.2) is 0 Å². The van der Waals surface area contributed by atoms with Crippen molar-refractivity contribution >= 4 is 5.91 Å². The zero-order valence-corrected chi connectivity index (χ0v) is 16.2. The van der Waals surface area contributed by atoms with Gasteiger partial charge in [-0.2, -0.15) is 0 Å². The lowest BCUT2D eigenvalue weighted by molar-refractivity contribution is -0.123. The Morgan fingerprint density at radius 1 is 1.26 bits per heavy atom. The fraction of sp³-hybridized carbons (Fsp3) is 0.650. The lowest BCUT2D eigenvalue weighted by atomic mass is 9.97. The zero-order chi connectivity index (χ0) is 19.1. The third-order valence-corrected chi connectivity index (χ3v) is 5.34. The number of primary amides is 1. The third kappa shape index (κ3) is 5.57. The number of nitrogens with two attached hydrogens (primary N) is 1. The molecular formula is C20H31N3O4. The third-order valence-electron chi connectivity index (χ3n) is 5.34. The van der Waals surface area contributed by atoms with Crippen molar-refractivity contribution in [2.24, 2.45) is 11.7 Å². The molecule has 2 fully saturated rings. The number of nitrogens with zero attached hydrogens (tertiary/aromatic N) is 2. The van der Waals surface area contributed by atoms with Crippen LogP contribution in [-0.4, -0.2) is 75.4 Å². The molecule has 27 heavy (non-hydrogen) atoms. The number of para-hydroxylation sites is 1. The maximum atomic E-state index is 11.5. The summed E-state index contributed by atoms with van der Waals surface area (Å²) in [4.78, 5) is 16.2. The second-order valence-electron chi connectivity index (χ2n) is 7.23. The van der Waals surface area contributed by atoms with Crippen LogP contribution in [0.1, 0.15) is 18.4 Å². The van der Waals surface area contributed by atoms with E-state index in [0.717, 1.165) is 75.8 Å². The minimum atomic E-state index is -0.202. The van der Waals surface area contributed by atoms with Crippen LogP contribution in [0.2, 0.25) is 0 Å². The Balaban J connectivity index is 1.62. The summed E-state index contributed by atoms with van der Waals surface area (Å²) in [6.45, 7) is 7.36. The van der Waals surface area contributed by atoms with Crippen LogP contribution in [0.15, 0.2) is 18.2 Å². The molecule has 1 aromatic carbocycles. The van der Waals surface area contributed by atoms with Crippen molar-refractivity contribution in [1.29, 1.82) is 0 Å². The number of amides is 1. The van der Waals surface area contributed by atoms with E-state index in [1.165, 1.54) is 0 Å². The Kier molecular flexibility index (Phi) is 7.32. The van der Waals surface area contributed by atoms with Gasteiger partial charge in [-0.3, -0.25) is 14.6 Å². The summed E-state index contributed by atoms with van der Waals surface area (Å²) in [7, 11) is 1.66. The number of piperidine rings is 1. The molecule has 150 valence electrons. The predicted molar refractivity (Wildman–Crippen MR) is 103 cm³/mol. The van der Waals surface area contributed by atoms with Gasteiger partial charge in [-0.1, -0.05) is 12.1 Å². The molecule has 1 amide bonds. The first kappa shape index (κ1) is 19.9. The van der Waals surface area contributed by atoms with Crippen molar-refractivity contribution in [1.82, 2.24) is 9.80 Å². The molecule has 0 bridgehead atoms. The van der Waals surface area contributed by atoms with Crippen LogP contribution in [0.5, 0.6) is 11.5 Å². The molecule has 0 unspecified atom stereocenters. The molecule has 1 atom stereocenters. The fourth-order valence-corrected chi connectivity index (χ4v) is 3.78. The van der Waals surface area contributed by atoms with E-state index in [1.807, 2.05) is 12.1 Å². The van der Waals surface area contributed by atoms with Crippen LogP contribution in [0.3, 0.4) is 0 Å². The minimum Gasteiger partial charge on any atom is -0.493 e. The van der Waals surface area contributed by atoms with E-state index >= 15 is 0 Å². The van der Waals surface area contributed by atoms with E-state index in [4.69, 9.17) is 19.9 Å². The van der Waals surface area contributed by atoms with Crippen molar-refractivity contribution in [2.75, 3.05) is 59.7 Å². The lowest BCUT2D eigenvalue weighted by Crippen LogP contribution is -2.40. The second-order valence-corrected chi connectivity index (χ2v) is 7.23. The molecule has 3 rings (SSSR count). The predicted octanol–water partition coefficient (Wildman–Crippen LogP) is 1.10. The Hall–Kier alpha value is -1.83. The first-order valence-electron chi connectivity index (χ1n) is 9.78. The average Bonchev–Trinajstić information content (AvgIpc) is 2.70. The molecule has 7 heteroatoms. The minimum absolute atomic E-state index is 0.0601. The molecule has 7 nitrogen and oxygen atoms in total. The van der Waals surface area contributed by atoms with E-state index in [2.05, 4.69) is 15.9 Å². The number of benzene rings is 1. The molecule has 2 aliphatic rings. The van der Waals surface area contributed by atoms with E-state index < -0.39 is 0 Å². The van der Waals surface area contributed by atoms with E-state index in [9.17, 15) is 4.79 Å². The number of rotatable bonds is 8. The number of ether oxygens (including phenoxy) is 3. The van der Waals surface area contributed by atoms with Gasteiger partial charge in [-0.15, -0.1) is 0 Å². The van der Waals surface area contributed by atoms with Crippen LogP contribution < -0.4 is 15.2 Å². The Morgan fingerprint density at radius 3 is 2.81 bits per heavy atom. The summed E-state index contributed by atoms with van der Waals surface area (Å²) in [5.41, 5.74) is 6.60. The number of hydrogen-bond donors (Lipinski definition) is 1. The number of methoxy groups -OCH3 is 1. The van der Waals surface area contributed by atoms with Crippen LogP contribution in [-0.2, 0) is 16.1 Å². The lowest BCUT2D eigenvalue weighted by Gasteiger charge is -2.31. The summed E-state index contributed by atoms with van der Waals surface area (Å²) < 4.78 is 17.1. The van der Waals surface area contributed by atoms with Crippen LogP contribution in [0.25, 0.3) is 0 Å². The van der Waals surface area contributed by atoms with E-state index in [0.29, 0.717) is 13.2 Å². The summed E-state index contributed by atoms with van der Waals surface area (Å²) in [6, 6.07) is 5.98. The maximum Gasteiger partial charge on any atom is 0.221 e. The SMILES string of the molecule is COc1cccc(CN2CCC[C@H](C(N)=O)C2)c1OCCN1CCOCC1. The Bertz CT molecular complexity index is 619. The molecule has 0 radical (unpaired) electrons. The highest BCUT2D eigenvalue weighted by atomic mass is 16.5. The summed E-state index contributed by atoms with van der Waals surface area (Å²) in [5.74, 6) is 1.29. The second kappa shape index (κ2) is 9.92. The fourth-order valence-electron chi connectivity index (χ4n) is 3.78. The van der Waals surface area contributed by atoms with Gasteiger partial charge < -0.3 is 19.9 Å². The maximum absolute atomic E-state index is 11.5. The smallest absolute Gasteiger partial charge is 0.221 e. The van der Waals surface area contributed by atoms with Crippen molar-refractivity contribution in [3.05, 3.63) is 23.8 Å². The molecule has 2 aliphatic heterocycles. The van der Waals surface area contributed by atoms with E-state index in [-0.39, 0.29) is 11.8 Å². The highest BCUT2D eigenvalue weighted by Crippen LogP contribution is 2.32. The largest absolute Gasteiger partial charge is 0.493 e. The summed E-state index contributed by atoms with van der Waals surface area (Å²) >= 11 is 0. The summed E-state index contributed by atoms with van der Waals surface area (Å²) in [5, 5.41) is 0. The number of hydrogen-bond acceptors (Lipinski definition) is 6. The quantitative estimate of drug-likeness (QED) is 0.731. The first-order valence-corrected chi connectivity index (χ1v) is 9.78. The molecule has 0 aliphatic carbocycles.